The summed E-state index contributed by atoms with van der Waals surface area (Å²) in [4.78, 5) is 30.9. The van der Waals surface area contributed by atoms with Gasteiger partial charge in [0.25, 0.3) is 5.91 Å². The van der Waals surface area contributed by atoms with E-state index in [1.165, 1.54) is 5.56 Å². The highest BCUT2D eigenvalue weighted by molar-refractivity contribution is 14.2. The molecule has 1 aliphatic heterocycles. The van der Waals surface area contributed by atoms with E-state index in [0.29, 0.717) is 17.2 Å². The number of rotatable bonds is 7. The molecular formula is C29H34IN7O. The lowest BCUT2D eigenvalue weighted by molar-refractivity contribution is 0.102. The molecule has 4 rings (SSSR count). The van der Waals surface area contributed by atoms with E-state index in [9.17, 15) is 4.79 Å². The minimum absolute atomic E-state index is 0.127. The number of carbonyl (C=O) groups is 1. The van der Waals surface area contributed by atoms with Crippen LogP contribution < -0.4 is 16.0 Å². The Labute approximate surface area is 234 Å². The van der Waals surface area contributed by atoms with E-state index in [4.69, 9.17) is 4.99 Å². The molecule has 1 fully saturated rings. The number of amides is 1. The highest BCUT2D eigenvalue weighted by Gasteiger charge is 2.12. The third-order valence-corrected chi connectivity index (χ3v) is 7.39. The van der Waals surface area contributed by atoms with Crippen molar-refractivity contribution >= 4 is 53.7 Å². The van der Waals surface area contributed by atoms with Crippen LogP contribution in [0.15, 0.2) is 77.0 Å². The van der Waals surface area contributed by atoms with Crippen molar-refractivity contribution in [1.29, 1.82) is 0 Å². The molecule has 0 saturated carbocycles. The van der Waals surface area contributed by atoms with Crippen molar-refractivity contribution < 1.29 is 4.79 Å². The zero-order valence-electron chi connectivity index (χ0n) is 22.0. The number of aromatic nitrogens is 1. The summed E-state index contributed by atoms with van der Waals surface area (Å²) in [7, 11) is 1.71. The van der Waals surface area contributed by atoms with Gasteiger partial charge in [0.15, 0.2) is 0 Å². The minimum atomic E-state index is -0.142. The second kappa shape index (κ2) is 14.0. The van der Waals surface area contributed by atoms with Crippen LogP contribution in [0.5, 0.6) is 0 Å². The van der Waals surface area contributed by atoms with E-state index in [2.05, 4.69) is 39.8 Å². The quantitative estimate of drug-likeness (QED) is 0.158. The predicted octanol–water partition coefficient (Wildman–Crippen LogP) is 4.34. The standard InChI is InChI=1S/C29H34IN7O/c1-21-6-11-25(34-28(38)23-9-7-22(8-10-23)20-37-15-13-32-14-16-37)17-26(21)35-29(31-3)36-27(18-30-2)24-5-4-12-33-19-24/h4-12,17-19,32H,13-16,20H2,1-3H3,(H,31,35)(H,34,38)/b36-27+. The Bertz CT molecular complexity index is 1310. The molecular weight excluding hydrogens is 589 g/mol. The number of alkyl halides is 1. The molecule has 1 amide bonds. The van der Waals surface area contributed by atoms with Crippen LogP contribution in [0.2, 0.25) is 0 Å². The first kappa shape index (κ1) is 27.7. The van der Waals surface area contributed by atoms with Crippen molar-refractivity contribution in [3.63, 3.8) is 0 Å². The number of aliphatic imine (C=N–C) groups is 2. The number of guanidine groups is 1. The molecule has 9 heteroatoms. The van der Waals surface area contributed by atoms with Crippen molar-refractivity contribution in [2.24, 2.45) is 9.98 Å². The van der Waals surface area contributed by atoms with Crippen molar-refractivity contribution in [2.45, 2.75) is 13.5 Å². The summed E-state index contributed by atoms with van der Waals surface area (Å²) >= 11 is -0.127. The van der Waals surface area contributed by atoms with Crippen LogP contribution in [0.1, 0.15) is 27.0 Å². The molecule has 0 bridgehead atoms. The highest BCUT2D eigenvalue weighted by atomic mass is 127. The maximum Gasteiger partial charge on any atom is 0.255 e. The third kappa shape index (κ3) is 7.86. The van der Waals surface area contributed by atoms with Crippen molar-refractivity contribution in [3.8, 4) is 0 Å². The number of piperazine rings is 1. The Balaban J connectivity index is 1.44. The largest absolute Gasteiger partial charge is 0.324 e. The highest BCUT2D eigenvalue weighted by Crippen LogP contribution is 2.21. The first-order valence-electron chi connectivity index (χ1n) is 12.5. The van der Waals surface area contributed by atoms with Gasteiger partial charge in [-0.2, -0.15) is 0 Å². The predicted molar refractivity (Wildman–Crippen MR) is 167 cm³/mol. The molecule has 0 atom stereocenters. The summed E-state index contributed by atoms with van der Waals surface area (Å²) < 4.78 is 2.15. The van der Waals surface area contributed by atoms with Gasteiger partial charge in [0, 0.05) is 74.7 Å². The zero-order valence-corrected chi connectivity index (χ0v) is 24.2. The fourth-order valence-corrected chi connectivity index (χ4v) is 5.15. The average molecular weight is 624 g/mol. The zero-order chi connectivity index (χ0) is 26.7. The second-order valence-corrected chi connectivity index (χ2v) is 10.8. The summed E-state index contributed by atoms with van der Waals surface area (Å²) in [5.41, 5.74) is 6.19. The molecule has 1 saturated heterocycles. The number of halogens is 1. The first-order valence-corrected chi connectivity index (χ1v) is 15.9. The molecule has 0 radical (unpaired) electrons. The smallest absolute Gasteiger partial charge is 0.255 e. The number of anilines is 2. The summed E-state index contributed by atoms with van der Waals surface area (Å²) in [5.74, 6) is 0.348. The summed E-state index contributed by atoms with van der Waals surface area (Å²) in [6.07, 6.45) is 3.56. The number of hydrogen-bond acceptors (Lipinski definition) is 5. The van der Waals surface area contributed by atoms with Crippen LogP contribution in [-0.2, 0) is 6.54 Å². The number of nitrogens with one attached hydrogen (secondary N) is 3. The van der Waals surface area contributed by atoms with E-state index in [1.807, 2.05) is 61.5 Å². The number of pyridine rings is 1. The summed E-state index contributed by atoms with van der Waals surface area (Å²) in [6, 6.07) is 17.5. The monoisotopic (exact) mass is 623 g/mol. The Morgan fingerprint density at radius 3 is 2.58 bits per heavy atom. The number of carbonyl (C=O) groups excluding carboxylic acids is 1. The van der Waals surface area contributed by atoms with Gasteiger partial charge < -0.3 is 16.0 Å². The lowest BCUT2D eigenvalue weighted by atomic mass is 10.1. The maximum absolute atomic E-state index is 13.0. The van der Waals surface area contributed by atoms with E-state index < -0.39 is 0 Å². The van der Waals surface area contributed by atoms with Gasteiger partial charge in [-0.25, -0.2) is 4.99 Å². The molecule has 3 aromatic rings. The number of aryl methyl sites for hydroxylation is 1. The van der Waals surface area contributed by atoms with Gasteiger partial charge in [0.1, 0.15) is 0 Å². The molecule has 198 valence electrons. The van der Waals surface area contributed by atoms with Gasteiger partial charge in [-0.15, -0.1) is 20.7 Å². The molecule has 0 spiro atoms. The van der Waals surface area contributed by atoms with Crippen LogP contribution in [0.4, 0.5) is 11.4 Å². The number of nitrogens with zero attached hydrogens (tertiary/aromatic N) is 4. The van der Waals surface area contributed by atoms with E-state index in [1.54, 1.807) is 19.4 Å². The van der Waals surface area contributed by atoms with E-state index >= 15 is 0 Å². The minimum Gasteiger partial charge on any atom is -0.324 e. The fraction of sp³-hybridized carbons (Fsp3) is 0.276. The van der Waals surface area contributed by atoms with Gasteiger partial charge in [-0.3, -0.25) is 19.7 Å². The van der Waals surface area contributed by atoms with Gasteiger partial charge in [0.05, 0.1) is 5.71 Å². The molecule has 1 aliphatic rings. The number of hydrogen-bond donors (Lipinski definition) is 3. The Morgan fingerprint density at radius 2 is 1.89 bits per heavy atom. The molecule has 2 heterocycles. The van der Waals surface area contributed by atoms with Crippen LogP contribution in [-0.4, -0.2) is 69.6 Å². The molecule has 38 heavy (non-hydrogen) atoms. The second-order valence-electron chi connectivity index (χ2n) is 8.95. The van der Waals surface area contributed by atoms with Crippen molar-refractivity contribution in [2.75, 3.05) is 48.8 Å². The SMILES string of the molecule is CN=C(/N=C(\C=IC)c1cccnc1)Nc1cc(NC(=O)c2ccc(CN3CCNCC3)cc2)ccc1C. The van der Waals surface area contributed by atoms with Crippen LogP contribution in [0.3, 0.4) is 0 Å². The Hall–Kier alpha value is -3.28. The average Bonchev–Trinajstić information content (AvgIpc) is 2.95. The summed E-state index contributed by atoms with van der Waals surface area (Å²) in [6.45, 7) is 7.05. The third-order valence-electron chi connectivity index (χ3n) is 6.18. The summed E-state index contributed by atoms with van der Waals surface area (Å²) in [5, 5.41) is 9.72. The lowest BCUT2D eigenvalue weighted by Gasteiger charge is -2.27. The van der Waals surface area contributed by atoms with Gasteiger partial charge in [-0.1, -0.05) is 18.2 Å². The van der Waals surface area contributed by atoms with Crippen molar-refractivity contribution in [1.82, 2.24) is 15.2 Å². The van der Waals surface area contributed by atoms with Crippen molar-refractivity contribution in [3.05, 3.63) is 89.2 Å². The Morgan fingerprint density at radius 1 is 1.11 bits per heavy atom. The number of benzene rings is 2. The topological polar surface area (TPSA) is 94.0 Å². The molecule has 3 N–H and O–H groups in total. The van der Waals surface area contributed by atoms with E-state index in [-0.39, 0.29) is 26.6 Å². The van der Waals surface area contributed by atoms with E-state index in [0.717, 1.165) is 55.2 Å². The maximum atomic E-state index is 13.0. The molecule has 1 aromatic heterocycles. The lowest BCUT2D eigenvalue weighted by Crippen LogP contribution is -2.42. The van der Waals surface area contributed by atoms with Crippen LogP contribution in [0.25, 0.3) is 0 Å². The van der Waals surface area contributed by atoms with Gasteiger partial charge in [0.2, 0.25) is 5.96 Å². The first-order chi connectivity index (χ1) is 18.6. The van der Waals surface area contributed by atoms with Gasteiger partial charge >= 0.3 is 0 Å². The molecule has 2 aromatic carbocycles. The molecule has 0 aliphatic carbocycles. The molecule has 8 nitrogen and oxygen atoms in total. The van der Waals surface area contributed by atoms with Crippen LogP contribution >= 0.6 is 20.7 Å². The molecule has 0 unspecified atom stereocenters. The normalized spacial score (nSPS) is 15.2. The Kier molecular flexibility index (Phi) is 10.2. The van der Waals surface area contributed by atoms with Crippen LogP contribution in [0, 0.1) is 6.92 Å². The van der Waals surface area contributed by atoms with Gasteiger partial charge in [-0.05, 0) is 63.4 Å². The fourth-order valence-electron chi connectivity index (χ4n) is 4.06.